The Bertz CT molecular complexity index is 1110. The van der Waals surface area contributed by atoms with Crippen LogP contribution in [0.25, 0.3) is 5.57 Å². The van der Waals surface area contributed by atoms with Gasteiger partial charge < -0.3 is 9.84 Å². The number of ketones is 1. The van der Waals surface area contributed by atoms with Gasteiger partial charge in [0.2, 0.25) is 0 Å². The Morgan fingerprint density at radius 3 is 2.24 bits per heavy atom. The molecular weight excluding hydrogens is 485 g/mol. The number of rotatable bonds is 8. The molecule has 1 atom stereocenters. The molecule has 3 aromatic carbocycles. The van der Waals surface area contributed by atoms with Gasteiger partial charge in [0.15, 0.2) is 5.78 Å². The quantitative estimate of drug-likeness (QED) is 0.416. The molecule has 33 heavy (non-hydrogen) atoms. The van der Waals surface area contributed by atoms with Crippen LogP contribution < -0.4 is 4.74 Å². The molecule has 4 rings (SSSR count). The second-order valence-electron chi connectivity index (χ2n) is 8.07. The minimum atomic E-state index is -0.630. The lowest BCUT2D eigenvalue weighted by molar-refractivity contribution is 0.0716. The highest BCUT2D eigenvalue weighted by Gasteiger charge is 2.17. The van der Waals surface area contributed by atoms with Crippen LogP contribution in [0, 0.1) is 5.82 Å². The lowest BCUT2D eigenvalue weighted by atomic mass is 9.99. The molecule has 0 saturated carbocycles. The number of nitrogens with zero attached hydrogens (tertiary/aromatic N) is 1. The van der Waals surface area contributed by atoms with Gasteiger partial charge in [-0.3, -0.25) is 9.69 Å². The summed E-state index contributed by atoms with van der Waals surface area (Å²) in [6.45, 7) is 2.24. The minimum Gasteiger partial charge on any atom is -0.491 e. The third-order valence-electron chi connectivity index (χ3n) is 5.64. The fourth-order valence-corrected chi connectivity index (χ4v) is 4.08. The Balaban J connectivity index is 1.24. The SMILES string of the molecule is O=C(c1ccc(Br)cc1)c1ccc(OCC(O)CN2CC=C(c3ccc(F)cc3)CC2)cc1. The van der Waals surface area contributed by atoms with Crippen molar-refractivity contribution in [2.24, 2.45) is 0 Å². The number of aliphatic hydroxyl groups excluding tert-OH is 1. The number of aliphatic hydroxyl groups is 1. The standard InChI is InChI=1S/C27H25BrFNO3/c28-23-7-1-21(2-8-23)27(32)22-5-11-26(12-6-22)33-18-25(31)17-30-15-13-20(14-16-30)19-3-9-24(29)10-4-19/h1-13,25,31H,14-18H2. The number of carbonyl (C=O) groups is 1. The van der Waals surface area contributed by atoms with Crippen LogP contribution in [-0.2, 0) is 0 Å². The predicted octanol–water partition coefficient (Wildman–Crippen LogP) is 5.35. The Morgan fingerprint density at radius 1 is 1.00 bits per heavy atom. The third kappa shape index (κ3) is 6.38. The van der Waals surface area contributed by atoms with Gasteiger partial charge in [-0.25, -0.2) is 4.39 Å². The molecule has 0 saturated heterocycles. The molecule has 1 aliphatic rings. The zero-order chi connectivity index (χ0) is 23.2. The Kier molecular flexibility index (Phi) is 7.70. The summed E-state index contributed by atoms with van der Waals surface area (Å²) in [5.41, 5.74) is 3.46. The highest BCUT2D eigenvalue weighted by Crippen LogP contribution is 2.23. The summed E-state index contributed by atoms with van der Waals surface area (Å²) < 4.78 is 19.8. The first-order chi connectivity index (χ1) is 16.0. The molecule has 0 fully saturated rings. The zero-order valence-corrected chi connectivity index (χ0v) is 19.7. The van der Waals surface area contributed by atoms with Gasteiger partial charge in [-0.05, 0) is 78.2 Å². The summed E-state index contributed by atoms with van der Waals surface area (Å²) in [6.07, 6.45) is 2.35. The van der Waals surface area contributed by atoms with Gasteiger partial charge in [0.1, 0.15) is 24.3 Å². The van der Waals surface area contributed by atoms with Crippen LogP contribution in [0.3, 0.4) is 0 Å². The first-order valence-electron chi connectivity index (χ1n) is 10.9. The van der Waals surface area contributed by atoms with Crippen molar-refractivity contribution >= 4 is 27.3 Å². The monoisotopic (exact) mass is 509 g/mol. The minimum absolute atomic E-state index is 0.0488. The smallest absolute Gasteiger partial charge is 0.193 e. The molecule has 1 unspecified atom stereocenters. The summed E-state index contributed by atoms with van der Waals surface area (Å²) in [5.74, 6) is 0.330. The van der Waals surface area contributed by atoms with E-state index in [9.17, 15) is 14.3 Å². The van der Waals surface area contributed by atoms with E-state index in [0.29, 0.717) is 23.4 Å². The maximum absolute atomic E-state index is 13.1. The molecule has 0 radical (unpaired) electrons. The van der Waals surface area contributed by atoms with Gasteiger partial charge in [0.25, 0.3) is 0 Å². The van der Waals surface area contributed by atoms with E-state index in [1.54, 1.807) is 48.5 Å². The lowest BCUT2D eigenvalue weighted by Crippen LogP contribution is -2.38. The van der Waals surface area contributed by atoms with Crippen molar-refractivity contribution in [1.82, 2.24) is 4.90 Å². The van der Waals surface area contributed by atoms with Crippen molar-refractivity contribution in [3.63, 3.8) is 0 Å². The van der Waals surface area contributed by atoms with Gasteiger partial charge >= 0.3 is 0 Å². The van der Waals surface area contributed by atoms with Crippen molar-refractivity contribution in [2.45, 2.75) is 12.5 Å². The summed E-state index contributed by atoms with van der Waals surface area (Å²) >= 11 is 3.37. The predicted molar refractivity (Wildman–Crippen MR) is 131 cm³/mol. The van der Waals surface area contributed by atoms with Crippen LogP contribution in [0.2, 0.25) is 0 Å². The van der Waals surface area contributed by atoms with Crippen molar-refractivity contribution in [1.29, 1.82) is 0 Å². The van der Waals surface area contributed by atoms with E-state index >= 15 is 0 Å². The zero-order valence-electron chi connectivity index (χ0n) is 18.1. The summed E-state index contributed by atoms with van der Waals surface area (Å²) in [6, 6.07) is 20.8. The lowest BCUT2D eigenvalue weighted by Gasteiger charge is -2.28. The number of hydrogen-bond acceptors (Lipinski definition) is 4. The molecular formula is C27H25BrFNO3. The van der Waals surface area contributed by atoms with E-state index in [1.165, 1.54) is 17.7 Å². The third-order valence-corrected chi connectivity index (χ3v) is 6.17. The molecule has 0 aromatic heterocycles. The van der Waals surface area contributed by atoms with Gasteiger partial charge in [0, 0.05) is 35.2 Å². The molecule has 0 spiro atoms. The fourth-order valence-electron chi connectivity index (χ4n) is 3.82. The first-order valence-corrected chi connectivity index (χ1v) is 11.7. The second-order valence-corrected chi connectivity index (χ2v) is 8.99. The van der Waals surface area contributed by atoms with E-state index in [-0.39, 0.29) is 18.2 Å². The molecule has 1 N–H and O–H groups in total. The molecule has 1 heterocycles. The second kappa shape index (κ2) is 10.9. The first kappa shape index (κ1) is 23.4. The van der Waals surface area contributed by atoms with Crippen LogP contribution in [0.5, 0.6) is 5.75 Å². The molecule has 4 nitrogen and oxygen atoms in total. The molecule has 0 aliphatic carbocycles. The van der Waals surface area contributed by atoms with Gasteiger partial charge in [-0.15, -0.1) is 0 Å². The van der Waals surface area contributed by atoms with Gasteiger partial charge in [0.05, 0.1) is 0 Å². The van der Waals surface area contributed by atoms with Crippen LogP contribution in [0.1, 0.15) is 27.9 Å². The number of halogens is 2. The van der Waals surface area contributed by atoms with E-state index in [0.717, 1.165) is 29.5 Å². The summed E-state index contributed by atoms with van der Waals surface area (Å²) in [7, 11) is 0. The highest BCUT2D eigenvalue weighted by atomic mass is 79.9. The Labute approximate surface area is 201 Å². The van der Waals surface area contributed by atoms with Crippen molar-refractivity contribution in [2.75, 3.05) is 26.2 Å². The molecule has 3 aromatic rings. The molecule has 0 bridgehead atoms. The number of benzene rings is 3. The van der Waals surface area contributed by atoms with Crippen molar-refractivity contribution < 1.29 is 19.0 Å². The average molecular weight is 510 g/mol. The van der Waals surface area contributed by atoms with Crippen LogP contribution >= 0.6 is 15.9 Å². The number of hydrogen-bond donors (Lipinski definition) is 1. The molecule has 0 amide bonds. The van der Waals surface area contributed by atoms with Gasteiger partial charge in [-0.2, -0.15) is 0 Å². The van der Waals surface area contributed by atoms with Crippen LogP contribution in [0.4, 0.5) is 4.39 Å². The van der Waals surface area contributed by atoms with Crippen molar-refractivity contribution in [3.05, 3.63) is 106 Å². The van der Waals surface area contributed by atoms with Crippen molar-refractivity contribution in [3.8, 4) is 5.75 Å². The van der Waals surface area contributed by atoms with Gasteiger partial charge in [-0.1, -0.05) is 34.1 Å². The fraction of sp³-hybridized carbons (Fsp3) is 0.222. The number of carbonyl (C=O) groups excluding carboxylic acids is 1. The Morgan fingerprint density at radius 2 is 1.64 bits per heavy atom. The van der Waals surface area contributed by atoms with E-state index in [1.807, 2.05) is 12.1 Å². The van der Waals surface area contributed by atoms with E-state index in [4.69, 9.17) is 4.74 Å². The van der Waals surface area contributed by atoms with E-state index < -0.39 is 6.10 Å². The van der Waals surface area contributed by atoms with E-state index in [2.05, 4.69) is 26.9 Å². The highest BCUT2D eigenvalue weighted by molar-refractivity contribution is 9.10. The largest absolute Gasteiger partial charge is 0.491 e. The summed E-state index contributed by atoms with van der Waals surface area (Å²) in [4.78, 5) is 14.7. The Hall–Kier alpha value is -2.80. The topological polar surface area (TPSA) is 49.8 Å². The molecule has 170 valence electrons. The normalized spacial score (nSPS) is 15.1. The van der Waals surface area contributed by atoms with Crippen LogP contribution in [0.15, 0.2) is 83.3 Å². The number of ether oxygens (including phenoxy) is 1. The molecule has 6 heteroatoms. The summed E-state index contributed by atoms with van der Waals surface area (Å²) in [5, 5.41) is 10.4. The maximum atomic E-state index is 13.1. The average Bonchev–Trinajstić information content (AvgIpc) is 2.84. The number of β-amino-alcohol motifs (C(OH)–C–C–N with tert-alkyl or cyclic N) is 1. The molecule has 1 aliphatic heterocycles. The van der Waals surface area contributed by atoms with Crippen LogP contribution in [-0.4, -0.2) is 48.1 Å². The maximum Gasteiger partial charge on any atom is 0.193 e.